The smallest absolute Gasteiger partial charge is 0.310 e. The molecule has 198 valence electrons. The van der Waals surface area contributed by atoms with Crippen LogP contribution in [0.1, 0.15) is 102 Å². The van der Waals surface area contributed by atoms with Crippen LogP contribution in [0, 0.1) is 5.92 Å². The lowest BCUT2D eigenvalue weighted by atomic mass is 9.74. The molecule has 3 unspecified atom stereocenters. The van der Waals surface area contributed by atoms with Gasteiger partial charge in [-0.1, -0.05) is 108 Å². The summed E-state index contributed by atoms with van der Waals surface area (Å²) in [7, 11) is 0. The third kappa shape index (κ3) is 10.3. The standard InChI is InChI=1S/C26H46O8/c1-2-3-4-11-16-21(24(28,26(32,33)34)22-18-13-10-14-19-22)17-12-8-6-5-7-9-15-20-23(27)25(29,30)31/h10,13-14,18-19,21,23,27-34H,2-9,11-12,15-17,20H2,1H3. The topological polar surface area (TPSA) is 162 Å². The highest BCUT2D eigenvalue weighted by molar-refractivity contribution is 5.25. The number of hydrogen-bond acceptors (Lipinski definition) is 8. The van der Waals surface area contributed by atoms with E-state index in [0.717, 1.165) is 64.2 Å². The third-order valence-electron chi connectivity index (χ3n) is 6.70. The van der Waals surface area contributed by atoms with Crippen molar-refractivity contribution in [3.8, 4) is 0 Å². The van der Waals surface area contributed by atoms with Crippen molar-refractivity contribution in [1.82, 2.24) is 0 Å². The zero-order chi connectivity index (χ0) is 25.7. The van der Waals surface area contributed by atoms with Gasteiger partial charge in [0, 0.05) is 0 Å². The predicted octanol–water partition coefficient (Wildman–Crippen LogP) is 2.59. The van der Waals surface area contributed by atoms with Gasteiger partial charge in [0.2, 0.25) is 0 Å². The molecule has 0 radical (unpaired) electrons. The summed E-state index contributed by atoms with van der Waals surface area (Å²) in [5, 5.41) is 78.0. The molecule has 0 fully saturated rings. The van der Waals surface area contributed by atoms with Gasteiger partial charge in [0.25, 0.3) is 0 Å². The SMILES string of the molecule is CCCCCCC(CCCCCCCCCC(O)C(O)(O)O)C(O)(c1ccccc1)C(O)(O)O. The second-order valence-corrected chi connectivity index (χ2v) is 9.57. The van der Waals surface area contributed by atoms with Crippen LogP contribution in [0.4, 0.5) is 0 Å². The molecule has 0 heterocycles. The fourth-order valence-corrected chi connectivity index (χ4v) is 4.58. The van der Waals surface area contributed by atoms with Gasteiger partial charge in [-0.3, -0.25) is 0 Å². The Hall–Kier alpha value is -1.10. The Labute approximate surface area is 203 Å². The summed E-state index contributed by atoms with van der Waals surface area (Å²) >= 11 is 0. The summed E-state index contributed by atoms with van der Waals surface area (Å²) in [6.45, 7) is 2.11. The van der Waals surface area contributed by atoms with Gasteiger partial charge in [0.15, 0.2) is 5.60 Å². The molecular formula is C26H46O8. The van der Waals surface area contributed by atoms with Crippen LogP contribution in [0.2, 0.25) is 0 Å². The minimum absolute atomic E-state index is 0.104. The van der Waals surface area contributed by atoms with E-state index < -0.39 is 29.6 Å². The van der Waals surface area contributed by atoms with Crippen molar-refractivity contribution < 1.29 is 40.9 Å². The van der Waals surface area contributed by atoms with Crippen molar-refractivity contribution in [3.63, 3.8) is 0 Å². The highest BCUT2D eigenvalue weighted by atomic mass is 16.7. The first kappa shape index (κ1) is 30.9. The molecule has 0 saturated carbocycles. The first-order chi connectivity index (χ1) is 15.9. The van der Waals surface area contributed by atoms with E-state index in [4.69, 9.17) is 15.3 Å². The summed E-state index contributed by atoms with van der Waals surface area (Å²) in [6.07, 6.45) is 9.39. The lowest BCUT2D eigenvalue weighted by molar-refractivity contribution is -0.409. The zero-order valence-corrected chi connectivity index (χ0v) is 20.5. The molecule has 8 N–H and O–H groups in total. The second-order valence-electron chi connectivity index (χ2n) is 9.57. The lowest BCUT2D eigenvalue weighted by Crippen LogP contribution is -2.56. The Morgan fingerprint density at radius 2 is 1.06 bits per heavy atom. The zero-order valence-electron chi connectivity index (χ0n) is 20.5. The normalized spacial score (nSPS) is 16.3. The number of aliphatic hydroxyl groups excluding tert-OH is 1. The Kier molecular flexibility index (Phi) is 13.7. The van der Waals surface area contributed by atoms with E-state index >= 15 is 0 Å². The van der Waals surface area contributed by atoms with Gasteiger partial charge >= 0.3 is 11.9 Å². The predicted molar refractivity (Wildman–Crippen MR) is 129 cm³/mol. The van der Waals surface area contributed by atoms with Crippen molar-refractivity contribution in [2.45, 2.75) is 120 Å². The molecule has 8 nitrogen and oxygen atoms in total. The number of rotatable bonds is 19. The number of hydrogen-bond donors (Lipinski definition) is 8. The van der Waals surface area contributed by atoms with Gasteiger partial charge in [-0.25, -0.2) is 0 Å². The summed E-state index contributed by atoms with van der Waals surface area (Å²) in [4.78, 5) is 0. The first-order valence-corrected chi connectivity index (χ1v) is 12.7. The molecule has 8 heteroatoms. The Morgan fingerprint density at radius 3 is 1.50 bits per heavy atom. The summed E-state index contributed by atoms with van der Waals surface area (Å²) < 4.78 is 0. The van der Waals surface area contributed by atoms with Gasteiger partial charge in [0.05, 0.1) is 0 Å². The van der Waals surface area contributed by atoms with Crippen molar-refractivity contribution in [2.75, 3.05) is 0 Å². The maximum atomic E-state index is 11.4. The van der Waals surface area contributed by atoms with Crippen LogP contribution in [-0.2, 0) is 5.60 Å². The van der Waals surface area contributed by atoms with Crippen molar-refractivity contribution in [3.05, 3.63) is 35.9 Å². The van der Waals surface area contributed by atoms with Crippen molar-refractivity contribution >= 4 is 0 Å². The highest BCUT2D eigenvalue weighted by Crippen LogP contribution is 2.42. The maximum absolute atomic E-state index is 11.4. The van der Waals surface area contributed by atoms with E-state index in [9.17, 15) is 25.5 Å². The molecule has 0 bridgehead atoms. The summed E-state index contributed by atoms with van der Waals surface area (Å²) in [5.41, 5.74) is -1.91. The number of benzene rings is 1. The Morgan fingerprint density at radius 1 is 0.618 bits per heavy atom. The average molecular weight is 487 g/mol. The van der Waals surface area contributed by atoms with Gasteiger partial charge in [0.1, 0.15) is 6.10 Å². The van der Waals surface area contributed by atoms with Gasteiger partial charge in [-0.15, -0.1) is 0 Å². The van der Waals surface area contributed by atoms with Crippen molar-refractivity contribution in [2.24, 2.45) is 5.92 Å². The van der Waals surface area contributed by atoms with Gasteiger partial charge in [-0.2, -0.15) is 0 Å². The van der Waals surface area contributed by atoms with Crippen LogP contribution in [0.15, 0.2) is 30.3 Å². The minimum atomic E-state index is -3.26. The monoisotopic (exact) mass is 486 g/mol. The fraction of sp³-hybridized carbons (Fsp3) is 0.769. The Bertz CT molecular complexity index is 640. The molecule has 0 aliphatic heterocycles. The molecule has 0 saturated heterocycles. The first-order valence-electron chi connectivity index (χ1n) is 12.7. The number of unbranched alkanes of at least 4 members (excludes halogenated alkanes) is 9. The maximum Gasteiger partial charge on any atom is 0.310 e. The minimum Gasteiger partial charge on any atom is -0.385 e. The Balaban J connectivity index is 2.58. The molecule has 0 aromatic heterocycles. The van der Waals surface area contributed by atoms with Crippen LogP contribution >= 0.6 is 0 Å². The fourth-order valence-electron chi connectivity index (χ4n) is 4.58. The van der Waals surface area contributed by atoms with E-state index in [2.05, 4.69) is 6.92 Å². The lowest BCUT2D eigenvalue weighted by Gasteiger charge is -2.42. The molecule has 1 aromatic carbocycles. The summed E-state index contributed by atoms with van der Waals surface area (Å²) in [6, 6.07) is 8.35. The van der Waals surface area contributed by atoms with E-state index in [1.54, 1.807) is 30.3 Å². The molecule has 34 heavy (non-hydrogen) atoms. The molecular weight excluding hydrogens is 440 g/mol. The largest absolute Gasteiger partial charge is 0.385 e. The highest BCUT2D eigenvalue weighted by Gasteiger charge is 2.53. The molecule has 0 aliphatic rings. The van der Waals surface area contributed by atoms with Crippen molar-refractivity contribution in [1.29, 1.82) is 0 Å². The van der Waals surface area contributed by atoms with Crippen LogP contribution < -0.4 is 0 Å². The summed E-state index contributed by atoms with van der Waals surface area (Å²) in [5.74, 6) is -6.84. The third-order valence-corrected chi connectivity index (χ3v) is 6.70. The van der Waals surface area contributed by atoms with Crippen LogP contribution in [0.3, 0.4) is 0 Å². The van der Waals surface area contributed by atoms with Gasteiger partial charge in [-0.05, 0) is 30.7 Å². The molecule has 0 amide bonds. The second kappa shape index (κ2) is 15.1. The van der Waals surface area contributed by atoms with Gasteiger partial charge < -0.3 is 40.9 Å². The molecule has 0 aliphatic carbocycles. The number of aliphatic hydroxyl groups is 8. The molecule has 1 rings (SSSR count). The quantitative estimate of drug-likeness (QED) is 0.109. The molecule has 0 spiro atoms. The average Bonchev–Trinajstić information content (AvgIpc) is 2.77. The van der Waals surface area contributed by atoms with Crippen LogP contribution in [0.25, 0.3) is 0 Å². The van der Waals surface area contributed by atoms with Crippen LogP contribution in [-0.4, -0.2) is 58.9 Å². The van der Waals surface area contributed by atoms with E-state index in [1.165, 1.54) is 0 Å². The molecule has 3 atom stereocenters. The van der Waals surface area contributed by atoms with E-state index in [1.807, 2.05) is 0 Å². The molecule has 1 aromatic rings. The van der Waals surface area contributed by atoms with E-state index in [-0.39, 0.29) is 12.0 Å². The van der Waals surface area contributed by atoms with E-state index in [0.29, 0.717) is 19.3 Å². The van der Waals surface area contributed by atoms with Crippen LogP contribution in [0.5, 0.6) is 0 Å².